The molecule has 1 fully saturated rings. The molecule has 2 aliphatic heterocycles. The van der Waals surface area contributed by atoms with E-state index in [9.17, 15) is 9.59 Å². The molecular weight excluding hydrogens is 514 g/mol. The van der Waals surface area contributed by atoms with Crippen molar-refractivity contribution in [3.05, 3.63) is 57.4 Å². The van der Waals surface area contributed by atoms with E-state index in [0.29, 0.717) is 23.2 Å². The van der Waals surface area contributed by atoms with E-state index in [1.54, 1.807) is 0 Å². The number of anilines is 1. The van der Waals surface area contributed by atoms with Crippen molar-refractivity contribution < 1.29 is 19.1 Å². The average Bonchev–Trinajstić information content (AvgIpc) is 3.57. The lowest BCUT2D eigenvalue weighted by Gasteiger charge is -2.39. The second-order valence-corrected chi connectivity index (χ2v) is 12.7. The molecule has 5 heterocycles. The molecule has 10 heteroatoms. The third-order valence-corrected chi connectivity index (χ3v) is 8.93. The van der Waals surface area contributed by atoms with Crippen LogP contribution in [-0.2, 0) is 41.8 Å². The lowest BCUT2D eigenvalue weighted by molar-refractivity contribution is -0.0698. The number of amides is 2. The number of carbonyl (C=O) groups excluding carboxylic acids is 2. The third-order valence-electron chi connectivity index (χ3n) is 7.72. The molecule has 0 unspecified atom stereocenters. The maximum Gasteiger partial charge on any atom is 0.341 e. The van der Waals surface area contributed by atoms with Crippen LogP contribution >= 0.6 is 11.3 Å². The van der Waals surface area contributed by atoms with Crippen LogP contribution in [0.4, 0.5) is 9.80 Å². The fourth-order valence-corrected chi connectivity index (χ4v) is 7.02. The van der Waals surface area contributed by atoms with Gasteiger partial charge in [0.25, 0.3) is 0 Å². The van der Waals surface area contributed by atoms with Crippen LogP contribution in [0.5, 0.6) is 0 Å². The minimum absolute atomic E-state index is 0.323. The Morgan fingerprint density at radius 3 is 2.62 bits per heavy atom. The van der Waals surface area contributed by atoms with E-state index in [4.69, 9.17) is 9.47 Å². The molecule has 3 N–H and O–H groups in total. The molecule has 0 aromatic carbocycles. The molecule has 2 amide bonds. The van der Waals surface area contributed by atoms with Crippen LogP contribution in [0.3, 0.4) is 0 Å². The lowest BCUT2D eigenvalue weighted by atomic mass is 9.95. The van der Waals surface area contributed by atoms with Gasteiger partial charge >= 0.3 is 12.0 Å². The normalized spacial score (nSPS) is 17.7. The zero-order valence-electron chi connectivity index (χ0n) is 22.9. The topological polar surface area (TPSA) is 101 Å². The summed E-state index contributed by atoms with van der Waals surface area (Å²) in [5.41, 5.74) is 4.52. The fraction of sp³-hybridized carbons (Fsp3) is 0.517. The summed E-state index contributed by atoms with van der Waals surface area (Å²) in [5, 5.41) is 6.65. The van der Waals surface area contributed by atoms with E-state index >= 15 is 0 Å². The molecule has 0 atom stereocenters. The molecule has 3 aromatic heterocycles. The molecule has 0 radical (unpaired) electrons. The van der Waals surface area contributed by atoms with E-state index in [1.165, 1.54) is 27.5 Å². The number of fused-ring (bicyclic) bond motifs is 2. The monoisotopic (exact) mass is 551 g/mol. The molecule has 0 spiro atoms. The number of aromatic nitrogens is 2. The number of hydrogen-bond donors (Lipinski definition) is 3. The predicted octanol–water partition coefficient (Wildman–Crippen LogP) is 4.78. The van der Waals surface area contributed by atoms with Crippen molar-refractivity contribution in [3.63, 3.8) is 0 Å². The van der Waals surface area contributed by atoms with Gasteiger partial charge in [0.2, 0.25) is 0 Å². The number of carbonyl (C=O) groups is 2. The van der Waals surface area contributed by atoms with Crippen LogP contribution in [0.15, 0.2) is 24.5 Å². The highest BCUT2D eigenvalue weighted by Gasteiger charge is 2.32. The Kier molecular flexibility index (Phi) is 7.03. The fourth-order valence-electron chi connectivity index (χ4n) is 5.75. The maximum atomic E-state index is 13.2. The Morgan fingerprint density at radius 2 is 1.90 bits per heavy atom. The van der Waals surface area contributed by atoms with Crippen LogP contribution in [0.1, 0.15) is 71.2 Å². The third kappa shape index (κ3) is 5.37. The molecular formula is C29H37N5O4S. The SMILES string of the molecule is CC(C)(C)OC(=O)c1c(NC(=O)NCc2c(-n3cccc3)[nH]c3c2CCN(C2COC2)C3)sc2c1CCCC2. The number of ether oxygens (including phenoxy) is 2. The van der Waals surface area contributed by atoms with Crippen LogP contribution in [-0.4, -0.2) is 57.9 Å². The molecule has 208 valence electrons. The molecule has 0 saturated carbocycles. The number of esters is 1. The lowest BCUT2D eigenvalue weighted by Crippen LogP contribution is -2.50. The number of nitrogens with zero attached hydrogens (tertiary/aromatic N) is 2. The van der Waals surface area contributed by atoms with Gasteiger partial charge in [0, 0.05) is 48.2 Å². The van der Waals surface area contributed by atoms with Gasteiger partial charge in [-0.05, 0) is 76.1 Å². The second kappa shape index (κ2) is 10.5. The van der Waals surface area contributed by atoms with Gasteiger partial charge in [0.15, 0.2) is 0 Å². The van der Waals surface area contributed by atoms with Gasteiger partial charge in [-0.2, -0.15) is 0 Å². The maximum absolute atomic E-state index is 13.2. The highest BCUT2D eigenvalue weighted by Crippen LogP contribution is 2.39. The van der Waals surface area contributed by atoms with Crippen molar-refractivity contribution in [2.75, 3.05) is 25.1 Å². The summed E-state index contributed by atoms with van der Waals surface area (Å²) < 4.78 is 13.2. The van der Waals surface area contributed by atoms with Crippen LogP contribution in [0.2, 0.25) is 0 Å². The highest BCUT2D eigenvalue weighted by molar-refractivity contribution is 7.17. The van der Waals surface area contributed by atoms with Gasteiger partial charge in [0.1, 0.15) is 16.4 Å². The van der Waals surface area contributed by atoms with E-state index in [0.717, 1.165) is 75.4 Å². The minimum atomic E-state index is -0.608. The molecule has 0 bridgehead atoms. The first-order valence-electron chi connectivity index (χ1n) is 13.9. The number of rotatable bonds is 6. The molecule has 3 aromatic rings. The first-order valence-corrected chi connectivity index (χ1v) is 14.7. The summed E-state index contributed by atoms with van der Waals surface area (Å²) in [6.07, 6.45) is 8.85. The van der Waals surface area contributed by atoms with Crippen molar-refractivity contribution >= 4 is 28.3 Å². The zero-order chi connectivity index (χ0) is 27.1. The van der Waals surface area contributed by atoms with Gasteiger partial charge in [-0.3, -0.25) is 10.2 Å². The van der Waals surface area contributed by atoms with E-state index < -0.39 is 5.60 Å². The number of aromatic amines is 1. The van der Waals surface area contributed by atoms with Crippen LogP contribution in [0.25, 0.3) is 5.82 Å². The van der Waals surface area contributed by atoms with Crippen molar-refractivity contribution in [1.82, 2.24) is 19.8 Å². The van der Waals surface area contributed by atoms with Crippen molar-refractivity contribution in [2.45, 2.75) is 77.6 Å². The zero-order valence-corrected chi connectivity index (χ0v) is 23.7. The Hall–Kier alpha value is -3.08. The van der Waals surface area contributed by atoms with Crippen molar-refractivity contribution in [2.24, 2.45) is 0 Å². The molecule has 6 rings (SSSR count). The first-order chi connectivity index (χ1) is 18.8. The Morgan fingerprint density at radius 1 is 1.13 bits per heavy atom. The Labute approximate surface area is 232 Å². The Balaban J connectivity index is 1.21. The standard InChI is InChI=1S/C29H37N5O4S/c1-29(2,3)38-27(35)24-20-8-4-5-9-23(20)39-26(24)32-28(36)30-14-21-19-10-13-34(18-16-37-17-18)15-22(19)31-25(21)33-11-6-7-12-33/h6-7,11-12,18,31H,4-5,8-10,13-17H2,1-3H3,(H2,30,32,36). The van der Waals surface area contributed by atoms with E-state index in [1.807, 2.05) is 45.3 Å². The first kappa shape index (κ1) is 26.2. The van der Waals surface area contributed by atoms with Gasteiger partial charge < -0.3 is 24.3 Å². The average molecular weight is 552 g/mol. The molecule has 9 nitrogen and oxygen atoms in total. The second-order valence-electron chi connectivity index (χ2n) is 11.6. The number of nitrogens with one attached hydrogen (secondary N) is 3. The van der Waals surface area contributed by atoms with E-state index in [-0.39, 0.29) is 12.0 Å². The van der Waals surface area contributed by atoms with Crippen molar-refractivity contribution in [1.29, 1.82) is 0 Å². The molecule has 1 aliphatic carbocycles. The summed E-state index contributed by atoms with van der Waals surface area (Å²) in [5.74, 6) is 0.617. The summed E-state index contributed by atoms with van der Waals surface area (Å²) in [6.45, 7) is 9.39. The largest absolute Gasteiger partial charge is 0.456 e. The quantitative estimate of drug-likeness (QED) is 0.383. The number of H-pyrrole nitrogens is 1. The summed E-state index contributed by atoms with van der Waals surface area (Å²) in [7, 11) is 0. The highest BCUT2D eigenvalue weighted by atomic mass is 32.1. The van der Waals surface area contributed by atoms with Crippen LogP contribution in [0, 0.1) is 0 Å². The molecule has 3 aliphatic rings. The summed E-state index contributed by atoms with van der Waals surface area (Å²) in [6, 6.07) is 4.16. The number of hydrogen-bond acceptors (Lipinski definition) is 6. The van der Waals surface area contributed by atoms with E-state index in [2.05, 4.69) is 25.1 Å². The van der Waals surface area contributed by atoms with Gasteiger partial charge in [-0.1, -0.05) is 0 Å². The Bertz CT molecular complexity index is 1360. The molecule has 1 saturated heterocycles. The predicted molar refractivity (Wildman–Crippen MR) is 151 cm³/mol. The summed E-state index contributed by atoms with van der Waals surface area (Å²) >= 11 is 1.50. The number of aryl methyl sites for hydroxylation is 1. The minimum Gasteiger partial charge on any atom is -0.456 e. The smallest absolute Gasteiger partial charge is 0.341 e. The van der Waals surface area contributed by atoms with Crippen molar-refractivity contribution in [3.8, 4) is 5.82 Å². The number of thiophene rings is 1. The summed E-state index contributed by atoms with van der Waals surface area (Å²) in [4.78, 5) is 33.7. The van der Waals surface area contributed by atoms with Gasteiger partial charge in [-0.25, -0.2) is 9.59 Å². The number of urea groups is 1. The molecule has 39 heavy (non-hydrogen) atoms. The van der Waals surface area contributed by atoms with Gasteiger partial charge in [-0.15, -0.1) is 11.3 Å². The van der Waals surface area contributed by atoms with Crippen LogP contribution < -0.4 is 10.6 Å². The van der Waals surface area contributed by atoms with Gasteiger partial charge in [0.05, 0.1) is 24.8 Å².